The summed E-state index contributed by atoms with van der Waals surface area (Å²) in [4.78, 5) is 4.08. The first-order chi connectivity index (χ1) is 8.29. The molecule has 0 radical (unpaired) electrons. The quantitative estimate of drug-likeness (QED) is 0.863. The predicted molar refractivity (Wildman–Crippen MR) is 71.9 cm³/mol. The van der Waals surface area contributed by atoms with E-state index in [4.69, 9.17) is 0 Å². The Morgan fingerprint density at radius 3 is 2.47 bits per heavy atom. The molecule has 2 rings (SSSR count). The fourth-order valence-electron chi connectivity index (χ4n) is 2.97. The zero-order valence-corrected chi connectivity index (χ0v) is 11.0. The molecule has 1 aliphatic carbocycles. The van der Waals surface area contributed by atoms with Crippen molar-refractivity contribution in [3.05, 3.63) is 30.1 Å². The summed E-state index contributed by atoms with van der Waals surface area (Å²) in [6.07, 6.45) is 10.5. The molecule has 1 unspecified atom stereocenters. The van der Waals surface area contributed by atoms with Crippen molar-refractivity contribution in [2.24, 2.45) is 11.8 Å². The number of aromatic nitrogens is 1. The molecule has 1 aromatic heterocycles. The van der Waals surface area contributed by atoms with Crippen molar-refractivity contribution in [1.82, 2.24) is 10.3 Å². The monoisotopic (exact) mass is 232 g/mol. The van der Waals surface area contributed by atoms with Crippen molar-refractivity contribution in [2.45, 2.75) is 45.1 Å². The second-order valence-corrected chi connectivity index (χ2v) is 5.47. The van der Waals surface area contributed by atoms with Crippen LogP contribution in [0.4, 0.5) is 0 Å². The second-order valence-electron chi connectivity index (χ2n) is 5.47. The lowest BCUT2D eigenvalue weighted by molar-refractivity contribution is 0.235. The van der Waals surface area contributed by atoms with E-state index in [0.717, 1.165) is 18.3 Å². The molecule has 1 N–H and O–H groups in total. The van der Waals surface area contributed by atoms with Crippen molar-refractivity contribution < 1.29 is 0 Å². The molecule has 1 aromatic rings. The molecule has 0 amide bonds. The fourth-order valence-corrected chi connectivity index (χ4v) is 2.97. The van der Waals surface area contributed by atoms with Crippen molar-refractivity contribution in [3.8, 4) is 0 Å². The number of nitrogens with one attached hydrogen (secondary N) is 1. The van der Waals surface area contributed by atoms with Gasteiger partial charge in [0, 0.05) is 18.4 Å². The molecular formula is C15H24N2. The van der Waals surface area contributed by atoms with Crippen LogP contribution in [-0.4, -0.2) is 18.1 Å². The normalized spacial score (nSPS) is 26.7. The van der Waals surface area contributed by atoms with Gasteiger partial charge in [0.15, 0.2) is 0 Å². The van der Waals surface area contributed by atoms with Crippen molar-refractivity contribution >= 4 is 0 Å². The van der Waals surface area contributed by atoms with Gasteiger partial charge in [0.05, 0.1) is 0 Å². The first-order valence-electron chi connectivity index (χ1n) is 6.85. The van der Waals surface area contributed by atoms with Crippen molar-refractivity contribution in [2.75, 3.05) is 7.05 Å². The van der Waals surface area contributed by atoms with Crippen LogP contribution in [0.3, 0.4) is 0 Å². The summed E-state index contributed by atoms with van der Waals surface area (Å²) in [5, 5.41) is 3.51. The van der Waals surface area contributed by atoms with E-state index in [1.54, 1.807) is 0 Å². The number of nitrogens with zero attached hydrogens (tertiary/aromatic N) is 1. The Hall–Kier alpha value is -0.890. The van der Waals surface area contributed by atoms with Crippen LogP contribution in [-0.2, 0) is 6.42 Å². The fraction of sp³-hybridized carbons (Fsp3) is 0.667. The first kappa shape index (κ1) is 12.6. The zero-order chi connectivity index (χ0) is 12.1. The molecule has 17 heavy (non-hydrogen) atoms. The number of likely N-dealkylation sites (N-methyl/N-ethyl adjacent to an activating group) is 1. The zero-order valence-electron chi connectivity index (χ0n) is 11.0. The van der Waals surface area contributed by atoms with E-state index in [1.807, 2.05) is 12.4 Å². The Balaban J connectivity index is 1.92. The second kappa shape index (κ2) is 6.15. The lowest BCUT2D eigenvalue weighted by Crippen LogP contribution is -2.37. The molecular weight excluding hydrogens is 208 g/mol. The molecule has 1 saturated carbocycles. The Kier molecular flexibility index (Phi) is 4.55. The van der Waals surface area contributed by atoms with E-state index in [9.17, 15) is 0 Å². The van der Waals surface area contributed by atoms with Gasteiger partial charge in [-0.2, -0.15) is 0 Å². The Bertz CT molecular complexity index is 315. The van der Waals surface area contributed by atoms with E-state index < -0.39 is 0 Å². The molecule has 94 valence electrons. The maximum absolute atomic E-state index is 4.08. The van der Waals surface area contributed by atoms with E-state index in [1.165, 1.54) is 31.2 Å². The van der Waals surface area contributed by atoms with Gasteiger partial charge in [0.2, 0.25) is 0 Å². The highest BCUT2D eigenvalue weighted by molar-refractivity contribution is 5.11. The molecule has 2 nitrogen and oxygen atoms in total. The summed E-state index contributed by atoms with van der Waals surface area (Å²) in [6, 6.07) is 4.90. The molecule has 1 atom stereocenters. The summed E-state index contributed by atoms with van der Waals surface area (Å²) in [5.74, 6) is 1.79. The number of rotatable bonds is 4. The summed E-state index contributed by atoms with van der Waals surface area (Å²) in [7, 11) is 2.10. The van der Waals surface area contributed by atoms with Crippen LogP contribution in [0.15, 0.2) is 24.5 Å². The summed E-state index contributed by atoms with van der Waals surface area (Å²) >= 11 is 0. The van der Waals surface area contributed by atoms with Gasteiger partial charge in [-0.3, -0.25) is 4.98 Å². The van der Waals surface area contributed by atoms with E-state index in [0.29, 0.717) is 6.04 Å². The molecule has 1 aliphatic rings. The SMILES string of the molecule is CNC(Cc1ccncc1)C1CCC(C)CC1. The maximum atomic E-state index is 4.08. The Morgan fingerprint density at radius 1 is 1.24 bits per heavy atom. The molecule has 2 heteroatoms. The highest BCUT2D eigenvalue weighted by Crippen LogP contribution is 2.31. The number of hydrogen-bond acceptors (Lipinski definition) is 2. The molecule has 1 heterocycles. The van der Waals surface area contributed by atoms with Gasteiger partial charge in [0.1, 0.15) is 0 Å². The average molecular weight is 232 g/mol. The molecule has 1 fully saturated rings. The smallest absolute Gasteiger partial charge is 0.0270 e. The van der Waals surface area contributed by atoms with Crippen LogP contribution >= 0.6 is 0 Å². The Morgan fingerprint density at radius 2 is 1.88 bits per heavy atom. The summed E-state index contributed by atoms with van der Waals surface area (Å²) in [5.41, 5.74) is 1.40. The molecule has 0 aliphatic heterocycles. The van der Waals surface area contributed by atoms with Gasteiger partial charge in [-0.05, 0) is 55.8 Å². The third-order valence-corrected chi connectivity index (χ3v) is 4.21. The number of pyridine rings is 1. The van der Waals surface area contributed by atoms with Crippen LogP contribution in [0, 0.1) is 11.8 Å². The third-order valence-electron chi connectivity index (χ3n) is 4.21. The first-order valence-corrected chi connectivity index (χ1v) is 6.85. The lowest BCUT2D eigenvalue weighted by Gasteiger charge is -2.32. The van der Waals surface area contributed by atoms with Crippen LogP contribution in [0.2, 0.25) is 0 Å². The van der Waals surface area contributed by atoms with E-state index >= 15 is 0 Å². The molecule has 0 aromatic carbocycles. The van der Waals surface area contributed by atoms with Crippen LogP contribution in [0.1, 0.15) is 38.2 Å². The topological polar surface area (TPSA) is 24.9 Å². The average Bonchev–Trinajstić information content (AvgIpc) is 2.38. The maximum Gasteiger partial charge on any atom is 0.0270 e. The van der Waals surface area contributed by atoms with Crippen LogP contribution in [0.25, 0.3) is 0 Å². The standard InChI is InChI=1S/C15H24N2/c1-12-3-5-14(6-4-12)15(16-2)11-13-7-9-17-10-8-13/h7-10,12,14-16H,3-6,11H2,1-2H3. The van der Waals surface area contributed by atoms with Gasteiger partial charge >= 0.3 is 0 Å². The molecule has 0 bridgehead atoms. The van der Waals surface area contributed by atoms with E-state index in [2.05, 4.69) is 36.4 Å². The number of hydrogen-bond donors (Lipinski definition) is 1. The van der Waals surface area contributed by atoms with Gasteiger partial charge in [-0.1, -0.05) is 19.8 Å². The molecule has 0 saturated heterocycles. The largest absolute Gasteiger partial charge is 0.316 e. The van der Waals surface area contributed by atoms with Crippen molar-refractivity contribution in [3.63, 3.8) is 0 Å². The van der Waals surface area contributed by atoms with Crippen LogP contribution < -0.4 is 5.32 Å². The summed E-state index contributed by atoms with van der Waals surface area (Å²) < 4.78 is 0. The van der Waals surface area contributed by atoms with Crippen molar-refractivity contribution in [1.29, 1.82) is 0 Å². The lowest BCUT2D eigenvalue weighted by atomic mass is 9.78. The summed E-state index contributed by atoms with van der Waals surface area (Å²) in [6.45, 7) is 2.38. The highest BCUT2D eigenvalue weighted by Gasteiger charge is 2.24. The van der Waals surface area contributed by atoms with E-state index in [-0.39, 0.29) is 0 Å². The van der Waals surface area contributed by atoms with Gasteiger partial charge in [-0.25, -0.2) is 0 Å². The molecule has 0 spiro atoms. The minimum absolute atomic E-state index is 0.630. The third kappa shape index (κ3) is 3.53. The highest BCUT2D eigenvalue weighted by atomic mass is 14.9. The van der Waals surface area contributed by atoms with Crippen LogP contribution in [0.5, 0.6) is 0 Å². The predicted octanol–water partition coefficient (Wildman–Crippen LogP) is 3.04. The minimum atomic E-state index is 0.630. The van der Waals surface area contributed by atoms with Gasteiger partial charge in [0.25, 0.3) is 0 Å². The van der Waals surface area contributed by atoms with Gasteiger partial charge < -0.3 is 5.32 Å². The minimum Gasteiger partial charge on any atom is -0.316 e. The Labute approximate surface area is 105 Å². The van der Waals surface area contributed by atoms with Gasteiger partial charge in [-0.15, -0.1) is 0 Å².